The zero-order chi connectivity index (χ0) is 14.9. The van der Waals surface area contributed by atoms with Gasteiger partial charge in [-0.05, 0) is 25.7 Å². The molecule has 112 valence electrons. The third kappa shape index (κ3) is 2.30. The fourth-order valence-electron chi connectivity index (χ4n) is 3.20. The second-order valence-corrected chi connectivity index (χ2v) is 5.95. The average molecular weight is 295 g/mol. The molecule has 1 saturated carbocycles. The summed E-state index contributed by atoms with van der Waals surface area (Å²) in [6.07, 6.45) is 9.68. The van der Waals surface area contributed by atoms with Crippen LogP contribution in [0.5, 0.6) is 0 Å². The molecule has 0 N–H and O–H groups in total. The van der Waals surface area contributed by atoms with Crippen LogP contribution in [0.15, 0.2) is 18.7 Å². The fraction of sp³-hybridized carbons (Fsp3) is 0.533. The molecule has 0 aromatic carbocycles. The van der Waals surface area contributed by atoms with Gasteiger partial charge in [0.05, 0.1) is 0 Å². The van der Waals surface area contributed by atoms with Gasteiger partial charge < -0.3 is 9.47 Å². The summed E-state index contributed by atoms with van der Waals surface area (Å²) in [5.41, 5.74) is 0.395. The minimum atomic E-state index is 0.338. The molecule has 2 aromatic rings. The Morgan fingerprint density at radius 2 is 2.05 bits per heavy atom. The number of rotatable bonds is 3. The predicted molar refractivity (Wildman–Crippen MR) is 79.2 cm³/mol. The first-order valence-corrected chi connectivity index (χ1v) is 7.72. The lowest BCUT2D eigenvalue weighted by atomic mass is 9.97. The van der Waals surface area contributed by atoms with Crippen molar-refractivity contribution in [2.75, 3.05) is 18.0 Å². The Morgan fingerprint density at radius 1 is 1.18 bits per heavy atom. The second-order valence-electron chi connectivity index (χ2n) is 5.95. The smallest absolute Gasteiger partial charge is 0.183 e. The Kier molecular flexibility index (Phi) is 3.22. The number of nitriles is 1. The largest absolute Gasteiger partial charge is 0.353 e. The highest BCUT2D eigenvalue weighted by atomic mass is 15.3. The van der Waals surface area contributed by atoms with E-state index in [1.54, 1.807) is 12.4 Å². The van der Waals surface area contributed by atoms with Crippen molar-refractivity contribution in [3.05, 3.63) is 30.2 Å². The lowest BCUT2D eigenvalue weighted by Gasteiger charge is -2.33. The maximum absolute atomic E-state index is 9.22. The SMILES string of the molecule is N#Cc1nccnc1N1CCCC(c2nncn2C2CC2)C1. The first-order valence-electron chi connectivity index (χ1n) is 7.72. The summed E-state index contributed by atoms with van der Waals surface area (Å²) in [5.74, 6) is 2.10. The molecule has 1 aliphatic carbocycles. The molecule has 1 unspecified atom stereocenters. The minimum Gasteiger partial charge on any atom is -0.353 e. The van der Waals surface area contributed by atoms with E-state index in [1.165, 1.54) is 12.8 Å². The van der Waals surface area contributed by atoms with E-state index in [4.69, 9.17) is 0 Å². The number of aromatic nitrogens is 5. The number of nitrogens with zero attached hydrogens (tertiary/aromatic N) is 7. The number of hydrogen-bond acceptors (Lipinski definition) is 6. The molecular weight excluding hydrogens is 278 g/mol. The van der Waals surface area contributed by atoms with Crippen molar-refractivity contribution in [3.63, 3.8) is 0 Å². The standard InChI is InChI=1S/C15H17N7/c16-8-13-15(18-6-5-17-13)21-7-1-2-11(9-21)14-20-19-10-22(14)12-3-4-12/h5-6,10-12H,1-4,7,9H2. The van der Waals surface area contributed by atoms with Gasteiger partial charge in [-0.25, -0.2) is 9.97 Å². The number of anilines is 1. The van der Waals surface area contributed by atoms with Crippen molar-refractivity contribution < 1.29 is 0 Å². The Hall–Kier alpha value is -2.49. The van der Waals surface area contributed by atoms with Crippen molar-refractivity contribution in [1.29, 1.82) is 5.26 Å². The Bertz CT molecular complexity index is 713. The van der Waals surface area contributed by atoms with E-state index >= 15 is 0 Å². The highest BCUT2D eigenvalue weighted by Crippen LogP contribution is 2.38. The van der Waals surface area contributed by atoms with Gasteiger partial charge in [0.2, 0.25) is 0 Å². The monoisotopic (exact) mass is 295 g/mol. The average Bonchev–Trinajstić information content (AvgIpc) is 3.31. The van der Waals surface area contributed by atoms with Crippen LogP contribution >= 0.6 is 0 Å². The Balaban J connectivity index is 1.59. The van der Waals surface area contributed by atoms with E-state index in [0.717, 1.165) is 31.8 Å². The van der Waals surface area contributed by atoms with Crippen LogP contribution in [0.1, 0.15) is 49.2 Å². The number of hydrogen-bond donors (Lipinski definition) is 0. The molecule has 0 bridgehead atoms. The van der Waals surface area contributed by atoms with Crippen LogP contribution in [0.4, 0.5) is 5.82 Å². The van der Waals surface area contributed by atoms with Gasteiger partial charge in [-0.3, -0.25) is 0 Å². The topological polar surface area (TPSA) is 83.5 Å². The van der Waals surface area contributed by atoms with Gasteiger partial charge in [0.25, 0.3) is 0 Å². The van der Waals surface area contributed by atoms with E-state index in [2.05, 4.69) is 35.7 Å². The molecule has 2 aliphatic rings. The van der Waals surface area contributed by atoms with Gasteiger partial charge >= 0.3 is 0 Å². The van der Waals surface area contributed by atoms with E-state index in [0.29, 0.717) is 23.5 Å². The molecule has 1 atom stereocenters. The molecule has 0 radical (unpaired) electrons. The second kappa shape index (κ2) is 5.37. The molecule has 1 saturated heterocycles. The molecule has 2 aromatic heterocycles. The van der Waals surface area contributed by atoms with E-state index in [-0.39, 0.29) is 0 Å². The zero-order valence-corrected chi connectivity index (χ0v) is 12.3. The van der Waals surface area contributed by atoms with Crippen LogP contribution in [0.3, 0.4) is 0 Å². The summed E-state index contributed by atoms with van der Waals surface area (Å²) < 4.78 is 2.23. The van der Waals surface area contributed by atoms with Gasteiger partial charge in [-0.15, -0.1) is 10.2 Å². The van der Waals surface area contributed by atoms with Gasteiger partial charge in [0.15, 0.2) is 11.5 Å². The van der Waals surface area contributed by atoms with E-state index in [9.17, 15) is 5.26 Å². The van der Waals surface area contributed by atoms with Crippen LogP contribution in [-0.4, -0.2) is 37.8 Å². The van der Waals surface area contributed by atoms with Gasteiger partial charge in [0, 0.05) is 37.4 Å². The molecule has 1 aliphatic heterocycles. The minimum absolute atomic E-state index is 0.338. The number of piperidine rings is 1. The predicted octanol–water partition coefficient (Wildman–Crippen LogP) is 1.66. The summed E-state index contributed by atoms with van der Waals surface area (Å²) in [4.78, 5) is 10.6. The fourth-order valence-corrected chi connectivity index (χ4v) is 3.20. The molecule has 2 fully saturated rings. The Morgan fingerprint density at radius 3 is 2.86 bits per heavy atom. The highest BCUT2D eigenvalue weighted by Gasteiger charge is 2.32. The molecular formula is C15H17N7. The summed E-state index contributed by atoms with van der Waals surface area (Å²) in [6, 6.07) is 2.72. The summed E-state index contributed by atoms with van der Waals surface area (Å²) >= 11 is 0. The molecule has 7 nitrogen and oxygen atoms in total. The van der Waals surface area contributed by atoms with Crippen LogP contribution in [0.25, 0.3) is 0 Å². The maximum atomic E-state index is 9.22. The van der Waals surface area contributed by atoms with Crippen molar-refractivity contribution in [3.8, 4) is 6.07 Å². The first-order chi connectivity index (χ1) is 10.9. The maximum Gasteiger partial charge on any atom is 0.183 e. The molecule has 7 heteroatoms. The van der Waals surface area contributed by atoms with E-state index in [1.807, 2.05) is 6.33 Å². The molecule has 3 heterocycles. The van der Waals surface area contributed by atoms with Crippen molar-refractivity contribution in [2.24, 2.45) is 0 Å². The van der Waals surface area contributed by atoms with Crippen LogP contribution in [0.2, 0.25) is 0 Å². The zero-order valence-electron chi connectivity index (χ0n) is 12.3. The van der Waals surface area contributed by atoms with Gasteiger partial charge in [0.1, 0.15) is 18.2 Å². The lowest BCUT2D eigenvalue weighted by Crippen LogP contribution is -2.36. The first kappa shape index (κ1) is 13.2. The lowest BCUT2D eigenvalue weighted by molar-refractivity contribution is 0.468. The van der Waals surface area contributed by atoms with Crippen LogP contribution < -0.4 is 4.90 Å². The third-order valence-corrected chi connectivity index (χ3v) is 4.41. The van der Waals surface area contributed by atoms with Crippen molar-refractivity contribution in [1.82, 2.24) is 24.7 Å². The molecule has 0 spiro atoms. The van der Waals surface area contributed by atoms with E-state index < -0.39 is 0 Å². The molecule has 4 rings (SSSR count). The summed E-state index contributed by atoms with van der Waals surface area (Å²) in [5, 5.41) is 17.7. The molecule has 22 heavy (non-hydrogen) atoms. The molecule has 0 amide bonds. The van der Waals surface area contributed by atoms with Crippen LogP contribution in [0, 0.1) is 11.3 Å². The van der Waals surface area contributed by atoms with Crippen molar-refractivity contribution in [2.45, 2.75) is 37.6 Å². The summed E-state index contributed by atoms with van der Waals surface area (Å²) in [6.45, 7) is 1.72. The third-order valence-electron chi connectivity index (χ3n) is 4.41. The van der Waals surface area contributed by atoms with Crippen LogP contribution in [-0.2, 0) is 0 Å². The quantitative estimate of drug-likeness (QED) is 0.856. The summed E-state index contributed by atoms with van der Waals surface area (Å²) in [7, 11) is 0. The Labute approximate surface area is 128 Å². The normalized spacial score (nSPS) is 21.6. The van der Waals surface area contributed by atoms with Gasteiger partial charge in [-0.1, -0.05) is 0 Å². The van der Waals surface area contributed by atoms with Gasteiger partial charge in [-0.2, -0.15) is 5.26 Å². The van der Waals surface area contributed by atoms with Crippen molar-refractivity contribution >= 4 is 5.82 Å². The highest BCUT2D eigenvalue weighted by molar-refractivity contribution is 5.50.